The molecule has 1 saturated carbocycles. The number of carboxylic acid groups (broad SMARTS) is 3. The molecule has 0 aromatic rings. The lowest BCUT2D eigenvalue weighted by Gasteiger charge is -2.51. The number of nitrogens with zero attached hydrogens (tertiary/aromatic N) is 2. The second-order valence-electron chi connectivity index (χ2n) is 8.20. The standard InChI is InChI=1S/C20H37N5O7/c1-24(11-7-3-2-6-10-21)19(32)23-20(25(13-17(28)29)14-18(30)31)9-5-4-8-15(20)22-12-16(26)27/h15,22H,2-14,21H2,1H3,(H,23,32)(H,26,27)(H,28,29)(H,30,31)/t15-,20+/m1/s1. The van der Waals surface area contributed by atoms with E-state index in [1.807, 2.05) is 0 Å². The average Bonchev–Trinajstić information content (AvgIpc) is 2.71. The zero-order valence-corrected chi connectivity index (χ0v) is 18.7. The Morgan fingerprint density at radius 1 is 0.969 bits per heavy atom. The highest BCUT2D eigenvalue weighted by atomic mass is 16.4. The first-order chi connectivity index (χ1) is 15.1. The predicted molar refractivity (Wildman–Crippen MR) is 116 cm³/mol. The van der Waals surface area contributed by atoms with Crippen molar-refractivity contribution in [2.75, 3.05) is 39.8 Å². The summed E-state index contributed by atoms with van der Waals surface area (Å²) in [7, 11) is 1.62. The Bertz CT molecular complexity index is 632. The first-order valence-corrected chi connectivity index (χ1v) is 11.0. The van der Waals surface area contributed by atoms with Crippen LogP contribution in [0.2, 0.25) is 0 Å². The molecule has 0 radical (unpaired) electrons. The van der Waals surface area contributed by atoms with Crippen LogP contribution in [0, 0.1) is 0 Å². The Balaban J connectivity index is 3.11. The molecule has 1 fully saturated rings. The SMILES string of the molecule is CN(CCCCCCN)C(=O)N[C@]1(N(CC(=O)O)CC(=O)O)CCCC[C@H]1NCC(=O)O. The molecule has 1 rings (SSSR count). The van der Waals surface area contributed by atoms with Gasteiger partial charge < -0.3 is 36.6 Å². The molecule has 0 saturated heterocycles. The summed E-state index contributed by atoms with van der Waals surface area (Å²) in [5.74, 6) is -3.58. The highest BCUT2D eigenvalue weighted by molar-refractivity contribution is 5.76. The molecular formula is C20H37N5O7. The highest BCUT2D eigenvalue weighted by Gasteiger charge is 2.48. The van der Waals surface area contributed by atoms with Gasteiger partial charge in [0.25, 0.3) is 0 Å². The maximum Gasteiger partial charge on any atom is 0.318 e. The molecule has 0 aromatic carbocycles. The summed E-state index contributed by atoms with van der Waals surface area (Å²) in [4.78, 5) is 49.9. The largest absolute Gasteiger partial charge is 0.480 e. The van der Waals surface area contributed by atoms with Crippen LogP contribution in [0.5, 0.6) is 0 Å². The molecule has 32 heavy (non-hydrogen) atoms. The number of carbonyl (C=O) groups is 4. The number of rotatable bonds is 15. The Kier molecular flexibility index (Phi) is 12.0. The van der Waals surface area contributed by atoms with Crippen molar-refractivity contribution in [3.8, 4) is 0 Å². The fourth-order valence-corrected chi connectivity index (χ4v) is 4.14. The van der Waals surface area contributed by atoms with Gasteiger partial charge in [0.2, 0.25) is 0 Å². The van der Waals surface area contributed by atoms with Gasteiger partial charge in [-0.3, -0.25) is 19.3 Å². The van der Waals surface area contributed by atoms with Gasteiger partial charge in [0.15, 0.2) is 0 Å². The molecule has 1 aliphatic carbocycles. The Morgan fingerprint density at radius 3 is 2.16 bits per heavy atom. The fraction of sp³-hybridized carbons (Fsp3) is 0.800. The Labute approximate surface area is 188 Å². The summed E-state index contributed by atoms with van der Waals surface area (Å²) in [6.07, 6.45) is 5.67. The minimum atomic E-state index is -1.35. The molecule has 0 aliphatic heterocycles. The molecule has 0 unspecified atom stereocenters. The van der Waals surface area contributed by atoms with Gasteiger partial charge >= 0.3 is 23.9 Å². The van der Waals surface area contributed by atoms with E-state index in [4.69, 9.17) is 10.8 Å². The maximum atomic E-state index is 13.0. The summed E-state index contributed by atoms with van der Waals surface area (Å²) in [6, 6.07) is -1.10. The molecule has 7 N–H and O–H groups in total. The van der Waals surface area contributed by atoms with E-state index >= 15 is 0 Å². The minimum absolute atomic E-state index is 0.293. The van der Waals surface area contributed by atoms with Crippen LogP contribution in [0.25, 0.3) is 0 Å². The van der Waals surface area contributed by atoms with Crippen LogP contribution in [-0.2, 0) is 14.4 Å². The van der Waals surface area contributed by atoms with Crippen molar-refractivity contribution in [3.05, 3.63) is 0 Å². The van der Waals surface area contributed by atoms with Crippen LogP contribution in [0.15, 0.2) is 0 Å². The molecular weight excluding hydrogens is 422 g/mol. The van der Waals surface area contributed by atoms with Crippen LogP contribution in [0.1, 0.15) is 51.4 Å². The first kappa shape index (κ1) is 27.6. The molecule has 2 amide bonds. The van der Waals surface area contributed by atoms with E-state index in [0.29, 0.717) is 32.4 Å². The number of aliphatic carboxylic acids is 3. The average molecular weight is 460 g/mol. The summed E-state index contributed by atoms with van der Waals surface area (Å²) in [6.45, 7) is -0.529. The third-order valence-corrected chi connectivity index (χ3v) is 5.71. The molecule has 2 atom stereocenters. The maximum absolute atomic E-state index is 13.0. The molecule has 0 aromatic heterocycles. The lowest BCUT2D eigenvalue weighted by molar-refractivity contribution is -0.148. The molecule has 1 aliphatic rings. The number of hydrogen-bond donors (Lipinski definition) is 6. The molecule has 0 heterocycles. The van der Waals surface area contributed by atoms with E-state index in [0.717, 1.165) is 32.1 Å². The van der Waals surface area contributed by atoms with Gasteiger partial charge in [-0.2, -0.15) is 0 Å². The number of nitrogens with one attached hydrogen (secondary N) is 2. The number of hydrogen-bond acceptors (Lipinski definition) is 7. The van der Waals surface area contributed by atoms with Gasteiger partial charge in [-0.05, 0) is 38.6 Å². The van der Waals surface area contributed by atoms with Crippen molar-refractivity contribution in [3.63, 3.8) is 0 Å². The zero-order chi connectivity index (χ0) is 24.1. The molecule has 0 bridgehead atoms. The van der Waals surface area contributed by atoms with Crippen molar-refractivity contribution >= 4 is 23.9 Å². The number of amides is 2. The van der Waals surface area contributed by atoms with Crippen molar-refractivity contribution in [1.82, 2.24) is 20.4 Å². The zero-order valence-electron chi connectivity index (χ0n) is 18.7. The van der Waals surface area contributed by atoms with Crippen molar-refractivity contribution in [1.29, 1.82) is 0 Å². The van der Waals surface area contributed by atoms with Gasteiger partial charge in [-0.1, -0.05) is 19.3 Å². The van der Waals surface area contributed by atoms with Crippen LogP contribution in [0.4, 0.5) is 4.79 Å². The van der Waals surface area contributed by atoms with E-state index in [1.165, 1.54) is 9.80 Å². The second kappa shape index (κ2) is 13.9. The van der Waals surface area contributed by atoms with Gasteiger partial charge in [-0.15, -0.1) is 0 Å². The Hall–Kier alpha value is -2.44. The minimum Gasteiger partial charge on any atom is -0.480 e. The third kappa shape index (κ3) is 8.97. The molecule has 12 heteroatoms. The summed E-state index contributed by atoms with van der Waals surface area (Å²) in [5.41, 5.74) is 4.13. The highest BCUT2D eigenvalue weighted by Crippen LogP contribution is 2.32. The quantitative estimate of drug-likeness (QED) is 0.143. The van der Waals surface area contributed by atoms with Crippen molar-refractivity contribution in [2.24, 2.45) is 5.73 Å². The fourth-order valence-electron chi connectivity index (χ4n) is 4.14. The molecule has 12 nitrogen and oxygen atoms in total. The van der Waals surface area contributed by atoms with Crippen LogP contribution in [0.3, 0.4) is 0 Å². The number of unbranched alkanes of at least 4 members (excludes halogenated alkanes) is 3. The number of urea groups is 1. The monoisotopic (exact) mass is 459 g/mol. The van der Waals surface area contributed by atoms with E-state index in [-0.39, 0.29) is 0 Å². The summed E-state index contributed by atoms with van der Waals surface area (Å²) < 4.78 is 0. The topological polar surface area (TPSA) is 186 Å². The van der Waals surface area contributed by atoms with E-state index in [2.05, 4.69) is 10.6 Å². The predicted octanol–water partition coefficient (Wildman–Crippen LogP) is -0.0688. The van der Waals surface area contributed by atoms with Gasteiger partial charge in [0.1, 0.15) is 5.66 Å². The lowest BCUT2D eigenvalue weighted by atomic mass is 9.82. The van der Waals surface area contributed by atoms with E-state index < -0.39 is 55.3 Å². The number of carboxylic acids is 3. The van der Waals surface area contributed by atoms with E-state index in [9.17, 15) is 29.4 Å². The van der Waals surface area contributed by atoms with Crippen LogP contribution < -0.4 is 16.4 Å². The van der Waals surface area contributed by atoms with Crippen LogP contribution >= 0.6 is 0 Å². The molecule has 184 valence electrons. The Morgan fingerprint density at radius 2 is 1.59 bits per heavy atom. The van der Waals surface area contributed by atoms with Crippen molar-refractivity contribution in [2.45, 2.75) is 63.1 Å². The molecule has 0 spiro atoms. The lowest BCUT2D eigenvalue weighted by Crippen LogP contribution is -2.73. The normalized spacial score (nSPS) is 20.7. The third-order valence-electron chi connectivity index (χ3n) is 5.71. The first-order valence-electron chi connectivity index (χ1n) is 11.0. The van der Waals surface area contributed by atoms with Crippen LogP contribution in [-0.4, -0.2) is 101 Å². The van der Waals surface area contributed by atoms with Gasteiger partial charge in [0.05, 0.1) is 19.6 Å². The number of carbonyl (C=O) groups excluding carboxylic acids is 1. The van der Waals surface area contributed by atoms with Gasteiger partial charge in [-0.25, -0.2) is 4.79 Å². The summed E-state index contributed by atoms with van der Waals surface area (Å²) >= 11 is 0. The van der Waals surface area contributed by atoms with Crippen molar-refractivity contribution < 1.29 is 34.5 Å². The number of nitrogens with two attached hydrogens (primary N) is 1. The van der Waals surface area contributed by atoms with Gasteiger partial charge in [0, 0.05) is 19.6 Å². The smallest absolute Gasteiger partial charge is 0.318 e. The summed E-state index contributed by atoms with van der Waals surface area (Å²) in [5, 5.41) is 33.7. The van der Waals surface area contributed by atoms with E-state index in [1.54, 1.807) is 7.05 Å². The second-order valence-corrected chi connectivity index (χ2v) is 8.20.